The van der Waals surface area contributed by atoms with E-state index in [2.05, 4.69) is 20.0 Å². The number of aliphatic imine (C=N–C) groups is 1. The zero-order valence-corrected chi connectivity index (χ0v) is 14.3. The summed E-state index contributed by atoms with van der Waals surface area (Å²) in [5.41, 5.74) is 0.755. The summed E-state index contributed by atoms with van der Waals surface area (Å²) in [5, 5.41) is 3.19. The molecule has 1 N–H and O–H groups in total. The number of ether oxygens (including phenoxy) is 2. The molecule has 25 heavy (non-hydrogen) atoms. The average molecular weight is 360 g/mol. The van der Waals surface area contributed by atoms with Crippen LogP contribution in [0, 0.1) is 5.92 Å². The largest absolute Gasteiger partial charge is 0.468 e. The molecular weight excluding hydrogens is 337 g/mol. The van der Waals surface area contributed by atoms with Gasteiger partial charge in [-0.1, -0.05) is 0 Å². The Balaban J connectivity index is 1.86. The molecule has 1 aliphatic heterocycles. The number of guanidine groups is 1. The van der Waals surface area contributed by atoms with Crippen LogP contribution in [0.3, 0.4) is 0 Å². The topological polar surface area (TPSA) is 59.0 Å². The number of aromatic nitrogens is 1. The van der Waals surface area contributed by atoms with E-state index in [0.717, 1.165) is 31.7 Å². The Morgan fingerprint density at radius 2 is 2.32 bits per heavy atom. The van der Waals surface area contributed by atoms with E-state index in [9.17, 15) is 13.2 Å². The lowest BCUT2D eigenvalue weighted by molar-refractivity contribution is -0.154. The van der Waals surface area contributed by atoms with E-state index < -0.39 is 12.8 Å². The monoisotopic (exact) mass is 360 g/mol. The third kappa shape index (κ3) is 6.77. The molecule has 1 fully saturated rings. The number of nitrogens with zero attached hydrogens (tertiary/aromatic N) is 3. The number of alkyl halides is 3. The zero-order chi connectivity index (χ0) is 18.3. The lowest BCUT2D eigenvalue weighted by atomic mass is 10.1. The summed E-state index contributed by atoms with van der Waals surface area (Å²) in [6.07, 6.45) is -1.93. The summed E-state index contributed by atoms with van der Waals surface area (Å²) >= 11 is 0. The molecule has 1 saturated heterocycles. The number of halogens is 3. The summed E-state index contributed by atoms with van der Waals surface area (Å²) in [4.78, 5) is 10.0. The van der Waals surface area contributed by atoms with E-state index in [0.29, 0.717) is 18.4 Å². The van der Waals surface area contributed by atoms with Gasteiger partial charge in [-0.15, -0.1) is 0 Å². The summed E-state index contributed by atoms with van der Waals surface area (Å²) in [7, 11) is 3.63. The van der Waals surface area contributed by atoms with Gasteiger partial charge in [0.15, 0.2) is 12.6 Å². The van der Waals surface area contributed by atoms with Crippen molar-refractivity contribution in [1.82, 2.24) is 15.2 Å². The van der Waals surface area contributed by atoms with Crippen molar-refractivity contribution in [1.29, 1.82) is 0 Å². The molecule has 0 saturated carbocycles. The van der Waals surface area contributed by atoms with Crippen LogP contribution in [-0.4, -0.2) is 62.5 Å². The maximum absolute atomic E-state index is 12.2. The van der Waals surface area contributed by atoms with Gasteiger partial charge in [0.05, 0.1) is 6.61 Å². The molecule has 0 amide bonds. The molecule has 2 rings (SSSR count). The van der Waals surface area contributed by atoms with Crippen LogP contribution in [0.4, 0.5) is 13.2 Å². The Morgan fingerprint density at radius 3 is 2.96 bits per heavy atom. The molecule has 0 radical (unpaired) electrons. The van der Waals surface area contributed by atoms with Gasteiger partial charge in [-0.2, -0.15) is 13.2 Å². The molecule has 0 aliphatic carbocycles. The SMILES string of the molecule is CN=C(NCc1ccnc(OCC(F)(F)F)c1)N(C)CC1CCOC1. The fourth-order valence-corrected chi connectivity index (χ4v) is 2.56. The molecular formula is C16H23F3N4O2. The first-order valence-electron chi connectivity index (χ1n) is 8.01. The van der Waals surface area contributed by atoms with Gasteiger partial charge < -0.3 is 19.7 Å². The van der Waals surface area contributed by atoms with Crippen molar-refractivity contribution in [2.24, 2.45) is 10.9 Å². The number of pyridine rings is 1. The Hall–Kier alpha value is -2.03. The van der Waals surface area contributed by atoms with E-state index in [1.807, 2.05) is 11.9 Å². The van der Waals surface area contributed by atoms with Crippen molar-refractivity contribution in [2.45, 2.75) is 19.1 Å². The minimum absolute atomic E-state index is 0.0527. The molecule has 140 valence electrons. The first kappa shape index (κ1) is 19.3. The van der Waals surface area contributed by atoms with E-state index in [1.54, 1.807) is 13.1 Å². The second-order valence-electron chi connectivity index (χ2n) is 5.92. The van der Waals surface area contributed by atoms with Gasteiger partial charge in [-0.05, 0) is 18.1 Å². The van der Waals surface area contributed by atoms with Gasteiger partial charge in [0.1, 0.15) is 0 Å². The van der Waals surface area contributed by atoms with Gasteiger partial charge in [0.2, 0.25) is 5.88 Å². The number of hydrogen-bond acceptors (Lipinski definition) is 4. The predicted molar refractivity (Wildman–Crippen MR) is 87.5 cm³/mol. The van der Waals surface area contributed by atoms with Crippen LogP contribution in [0.25, 0.3) is 0 Å². The van der Waals surface area contributed by atoms with Crippen LogP contribution in [-0.2, 0) is 11.3 Å². The Kier molecular flexibility index (Phi) is 6.86. The summed E-state index contributed by atoms with van der Waals surface area (Å²) in [6.45, 7) is 1.43. The van der Waals surface area contributed by atoms with Crippen LogP contribution in [0.15, 0.2) is 23.3 Å². The fraction of sp³-hybridized carbons (Fsp3) is 0.625. The summed E-state index contributed by atoms with van der Waals surface area (Å²) in [5.74, 6) is 1.14. The molecule has 1 aromatic rings. The molecule has 1 aromatic heterocycles. The molecule has 1 atom stereocenters. The molecule has 2 heterocycles. The second kappa shape index (κ2) is 8.89. The predicted octanol–water partition coefficient (Wildman–Crippen LogP) is 2.07. The van der Waals surface area contributed by atoms with Crippen LogP contribution in [0.5, 0.6) is 5.88 Å². The van der Waals surface area contributed by atoms with E-state index in [-0.39, 0.29) is 5.88 Å². The molecule has 0 spiro atoms. The molecule has 1 unspecified atom stereocenters. The molecule has 6 nitrogen and oxygen atoms in total. The lowest BCUT2D eigenvalue weighted by Gasteiger charge is -2.24. The van der Waals surface area contributed by atoms with Crippen molar-refractivity contribution in [3.63, 3.8) is 0 Å². The van der Waals surface area contributed by atoms with Crippen molar-refractivity contribution in [3.05, 3.63) is 23.9 Å². The Morgan fingerprint density at radius 1 is 1.52 bits per heavy atom. The van der Waals surface area contributed by atoms with Gasteiger partial charge in [0, 0.05) is 52.0 Å². The van der Waals surface area contributed by atoms with Gasteiger partial charge in [-0.3, -0.25) is 4.99 Å². The number of hydrogen-bond donors (Lipinski definition) is 1. The van der Waals surface area contributed by atoms with Crippen molar-refractivity contribution < 1.29 is 22.6 Å². The van der Waals surface area contributed by atoms with Gasteiger partial charge in [0.25, 0.3) is 0 Å². The third-order valence-electron chi connectivity index (χ3n) is 3.76. The molecule has 0 bridgehead atoms. The van der Waals surface area contributed by atoms with Crippen molar-refractivity contribution in [2.75, 3.05) is 40.5 Å². The quantitative estimate of drug-likeness (QED) is 0.622. The number of rotatable bonds is 6. The van der Waals surface area contributed by atoms with Gasteiger partial charge in [-0.25, -0.2) is 4.98 Å². The van der Waals surface area contributed by atoms with E-state index in [1.165, 1.54) is 12.3 Å². The standard InChI is InChI=1S/C16H23F3N4O2/c1-20-15(23(2)9-13-4-6-24-10-13)22-8-12-3-5-21-14(7-12)25-11-16(17,18)19/h3,5,7,13H,4,6,8-11H2,1-2H3,(H,20,22). The van der Waals surface area contributed by atoms with Crippen LogP contribution in [0.1, 0.15) is 12.0 Å². The highest BCUT2D eigenvalue weighted by atomic mass is 19.4. The highest BCUT2D eigenvalue weighted by Crippen LogP contribution is 2.17. The minimum atomic E-state index is -4.38. The fourth-order valence-electron chi connectivity index (χ4n) is 2.56. The Labute approximate surface area is 145 Å². The van der Waals surface area contributed by atoms with Crippen molar-refractivity contribution >= 4 is 5.96 Å². The van der Waals surface area contributed by atoms with E-state index in [4.69, 9.17) is 4.74 Å². The smallest absolute Gasteiger partial charge is 0.422 e. The van der Waals surface area contributed by atoms with Crippen molar-refractivity contribution in [3.8, 4) is 5.88 Å². The lowest BCUT2D eigenvalue weighted by Crippen LogP contribution is -2.41. The van der Waals surface area contributed by atoms with Crippen LogP contribution < -0.4 is 10.1 Å². The molecule has 1 aliphatic rings. The zero-order valence-electron chi connectivity index (χ0n) is 14.3. The maximum Gasteiger partial charge on any atom is 0.422 e. The normalized spacial score (nSPS) is 18.3. The van der Waals surface area contributed by atoms with Crippen LogP contribution >= 0.6 is 0 Å². The maximum atomic E-state index is 12.2. The van der Waals surface area contributed by atoms with Gasteiger partial charge >= 0.3 is 6.18 Å². The second-order valence-corrected chi connectivity index (χ2v) is 5.92. The third-order valence-corrected chi connectivity index (χ3v) is 3.76. The van der Waals surface area contributed by atoms with Crippen LogP contribution in [0.2, 0.25) is 0 Å². The molecule has 0 aromatic carbocycles. The average Bonchev–Trinajstić information content (AvgIpc) is 3.06. The minimum Gasteiger partial charge on any atom is -0.468 e. The highest BCUT2D eigenvalue weighted by Gasteiger charge is 2.28. The van der Waals surface area contributed by atoms with E-state index >= 15 is 0 Å². The first-order valence-corrected chi connectivity index (χ1v) is 8.01. The summed E-state index contributed by atoms with van der Waals surface area (Å²) < 4.78 is 46.6. The Bertz CT molecular complexity index is 575. The number of nitrogens with one attached hydrogen (secondary N) is 1. The summed E-state index contributed by atoms with van der Waals surface area (Å²) in [6, 6.07) is 3.20. The molecule has 9 heteroatoms. The first-order chi connectivity index (χ1) is 11.9. The highest BCUT2D eigenvalue weighted by molar-refractivity contribution is 5.79.